The summed E-state index contributed by atoms with van der Waals surface area (Å²) in [5, 5.41) is 2.74. The van der Waals surface area contributed by atoms with E-state index in [4.69, 9.17) is 16.3 Å². The maximum absolute atomic E-state index is 11.9. The van der Waals surface area contributed by atoms with Crippen LogP contribution in [0.4, 0.5) is 0 Å². The number of benzene rings is 1. The number of halogens is 1. The molecule has 1 N–H and O–H groups in total. The number of ether oxygens (including phenoxy) is 1. The molecule has 1 aromatic carbocycles. The zero-order chi connectivity index (χ0) is 12.8. The second-order valence-corrected chi connectivity index (χ2v) is 4.73. The Bertz CT molecular complexity index is 379. The number of para-hydroxylation sites is 1. The van der Waals surface area contributed by atoms with Crippen molar-refractivity contribution in [1.29, 1.82) is 0 Å². The number of alkyl halides is 1. The number of nitrogens with one attached hydrogen (secondary N) is 1. The molecule has 94 valence electrons. The van der Waals surface area contributed by atoms with Crippen LogP contribution >= 0.6 is 11.6 Å². The molecule has 1 atom stereocenters. The fourth-order valence-electron chi connectivity index (χ4n) is 1.35. The fraction of sp³-hybridized carbons (Fsp3) is 0.462. The summed E-state index contributed by atoms with van der Waals surface area (Å²) in [6.07, 6.45) is 0. The molecule has 0 bridgehead atoms. The molecule has 0 heterocycles. The number of amides is 1. The van der Waals surface area contributed by atoms with E-state index in [0.717, 1.165) is 0 Å². The molecular formula is C13H18ClNO2. The van der Waals surface area contributed by atoms with Gasteiger partial charge in [0.15, 0.2) is 0 Å². The second kappa shape index (κ2) is 6.50. The average Bonchev–Trinajstić information content (AvgIpc) is 2.35. The highest BCUT2D eigenvalue weighted by Gasteiger charge is 2.14. The van der Waals surface area contributed by atoms with Crippen molar-refractivity contribution in [2.75, 3.05) is 13.7 Å². The topological polar surface area (TPSA) is 38.3 Å². The smallest absolute Gasteiger partial charge is 0.255 e. The molecular weight excluding hydrogens is 238 g/mol. The Morgan fingerprint density at radius 3 is 2.65 bits per heavy atom. The van der Waals surface area contributed by atoms with Gasteiger partial charge in [0.05, 0.1) is 18.1 Å². The lowest BCUT2D eigenvalue weighted by molar-refractivity contribution is 0.0949. The summed E-state index contributed by atoms with van der Waals surface area (Å²) >= 11 is 6.07. The van der Waals surface area contributed by atoms with Crippen molar-refractivity contribution >= 4 is 17.5 Å². The van der Waals surface area contributed by atoms with Crippen molar-refractivity contribution < 1.29 is 9.53 Å². The summed E-state index contributed by atoms with van der Waals surface area (Å²) in [7, 11) is 1.55. The van der Waals surface area contributed by atoms with Crippen LogP contribution in [0.1, 0.15) is 24.2 Å². The predicted molar refractivity (Wildman–Crippen MR) is 69.8 cm³/mol. The van der Waals surface area contributed by atoms with Gasteiger partial charge in [-0.15, -0.1) is 11.6 Å². The third-order valence-electron chi connectivity index (χ3n) is 2.53. The molecule has 0 fully saturated rings. The minimum Gasteiger partial charge on any atom is -0.496 e. The zero-order valence-corrected chi connectivity index (χ0v) is 11.1. The molecule has 0 spiro atoms. The van der Waals surface area contributed by atoms with E-state index in [1.807, 2.05) is 19.9 Å². The quantitative estimate of drug-likeness (QED) is 0.822. The van der Waals surface area contributed by atoms with E-state index in [1.165, 1.54) is 0 Å². The van der Waals surface area contributed by atoms with Crippen LogP contribution < -0.4 is 10.1 Å². The zero-order valence-electron chi connectivity index (χ0n) is 10.4. The summed E-state index contributed by atoms with van der Waals surface area (Å²) in [5.74, 6) is 0.740. The fourth-order valence-corrected chi connectivity index (χ4v) is 1.43. The number of hydrogen-bond donors (Lipinski definition) is 1. The maximum Gasteiger partial charge on any atom is 0.255 e. The van der Waals surface area contributed by atoms with Gasteiger partial charge in [-0.05, 0) is 18.1 Å². The Morgan fingerprint density at radius 2 is 2.06 bits per heavy atom. The minimum absolute atomic E-state index is 0.0614. The summed E-state index contributed by atoms with van der Waals surface area (Å²) in [5.41, 5.74) is 0.530. The van der Waals surface area contributed by atoms with Crippen LogP contribution in [0.2, 0.25) is 0 Å². The summed E-state index contributed by atoms with van der Waals surface area (Å²) in [6, 6.07) is 7.12. The molecule has 3 nitrogen and oxygen atoms in total. The van der Waals surface area contributed by atoms with Crippen molar-refractivity contribution in [1.82, 2.24) is 5.32 Å². The Hall–Kier alpha value is -1.22. The lowest BCUT2D eigenvalue weighted by Crippen LogP contribution is -2.32. The molecule has 1 aromatic rings. The molecule has 4 heteroatoms. The van der Waals surface area contributed by atoms with Crippen LogP contribution in [-0.2, 0) is 0 Å². The molecule has 0 radical (unpaired) electrons. The molecule has 0 aliphatic carbocycles. The van der Waals surface area contributed by atoms with E-state index in [0.29, 0.717) is 23.8 Å². The third-order valence-corrected chi connectivity index (χ3v) is 3.19. The molecule has 0 saturated heterocycles. The van der Waals surface area contributed by atoms with Gasteiger partial charge in [-0.3, -0.25) is 4.79 Å². The van der Waals surface area contributed by atoms with Crippen LogP contribution in [0.15, 0.2) is 24.3 Å². The molecule has 0 aliphatic heterocycles. The van der Waals surface area contributed by atoms with Crippen LogP contribution in [-0.4, -0.2) is 24.9 Å². The lowest BCUT2D eigenvalue weighted by Gasteiger charge is -2.14. The second-order valence-electron chi connectivity index (χ2n) is 4.17. The molecule has 0 saturated carbocycles. The highest BCUT2D eigenvalue weighted by atomic mass is 35.5. The highest BCUT2D eigenvalue weighted by Crippen LogP contribution is 2.17. The van der Waals surface area contributed by atoms with Gasteiger partial charge >= 0.3 is 0 Å². The van der Waals surface area contributed by atoms with Gasteiger partial charge in [0.25, 0.3) is 5.91 Å². The molecule has 1 amide bonds. The first kappa shape index (κ1) is 13.8. The van der Waals surface area contributed by atoms with Gasteiger partial charge in [-0.2, -0.15) is 0 Å². The Kier molecular flexibility index (Phi) is 5.29. The largest absolute Gasteiger partial charge is 0.496 e. The average molecular weight is 256 g/mol. The van der Waals surface area contributed by atoms with Crippen LogP contribution in [0.5, 0.6) is 5.75 Å². The van der Waals surface area contributed by atoms with Gasteiger partial charge in [0.1, 0.15) is 5.75 Å². The van der Waals surface area contributed by atoms with Gasteiger partial charge in [0.2, 0.25) is 0 Å². The number of carbonyl (C=O) groups is 1. The van der Waals surface area contributed by atoms with Crippen molar-refractivity contribution in [2.45, 2.75) is 19.2 Å². The van der Waals surface area contributed by atoms with E-state index in [9.17, 15) is 4.79 Å². The molecule has 0 aliphatic rings. The van der Waals surface area contributed by atoms with Crippen molar-refractivity contribution in [2.24, 2.45) is 5.92 Å². The third kappa shape index (κ3) is 3.93. The van der Waals surface area contributed by atoms with Crippen molar-refractivity contribution in [3.05, 3.63) is 29.8 Å². The van der Waals surface area contributed by atoms with Crippen molar-refractivity contribution in [3.63, 3.8) is 0 Å². The van der Waals surface area contributed by atoms with E-state index >= 15 is 0 Å². The first-order valence-corrected chi connectivity index (χ1v) is 6.05. The predicted octanol–water partition coefficient (Wildman–Crippen LogP) is 2.69. The Balaban J connectivity index is 2.64. The highest BCUT2D eigenvalue weighted by molar-refractivity contribution is 6.21. The van der Waals surface area contributed by atoms with E-state index in [1.54, 1.807) is 25.3 Å². The molecule has 0 aromatic heterocycles. The van der Waals surface area contributed by atoms with Gasteiger partial charge < -0.3 is 10.1 Å². The number of rotatable bonds is 5. The Labute approximate surface area is 107 Å². The van der Waals surface area contributed by atoms with Crippen molar-refractivity contribution in [3.8, 4) is 5.75 Å². The maximum atomic E-state index is 11.9. The minimum atomic E-state index is -0.159. The monoisotopic (exact) mass is 255 g/mol. The number of carbonyl (C=O) groups excluding carboxylic acids is 1. The van der Waals surface area contributed by atoms with E-state index in [-0.39, 0.29) is 11.3 Å². The first-order valence-electron chi connectivity index (χ1n) is 5.61. The van der Waals surface area contributed by atoms with Gasteiger partial charge in [0, 0.05) is 6.54 Å². The first-order chi connectivity index (χ1) is 8.06. The molecule has 1 rings (SSSR count). The summed E-state index contributed by atoms with van der Waals surface area (Å²) in [4.78, 5) is 11.9. The lowest BCUT2D eigenvalue weighted by atomic mass is 10.1. The van der Waals surface area contributed by atoms with E-state index in [2.05, 4.69) is 5.32 Å². The number of methoxy groups -OCH3 is 1. The molecule has 17 heavy (non-hydrogen) atoms. The summed E-state index contributed by atoms with van der Waals surface area (Å²) < 4.78 is 5.13. The van der Waals surface area contributed by atoms with E-state index < -0.39 is 0 Å². The van der Waals surface area contributed by atoms with Crippen LogP contribution in [0, 0.1) is 5.92 Å². The Morgan fingerprint density at radius 1 is 1.41 bits per heavy atom. The number of hydrogen-bond acceptors (Lipinski definition) is 2. The van der Waals surface area contributed by atoms with Crippen LogP contribution in [0.25, 0.3) is 0 Å². The molecule has 1 unspecified atom stereocenters. The normalized spacial score (nSPS) is 12.3. The van der Waals surface area contributed by atoms with Gasteiger partial charge in [-0.1, -0.05) is 26.0 Å². The summed E-state index contributed by atoms with van der Waals surface area (Å²) in [6.45, 7) is 4.50. The SMILES string of the molecule is COc1ccccc1C(=O)NCC(Cl)C(C)C. The van der Waals surface area contributed by atoms with Crippen LogP contribution in [0.3, 0.4) is 0 Å². The standard InChI is InChI=1S/C13H18ClNO2/c1-9(2)11(14)8-15-13(16)10-6-4-5-7-12(10)17-3/h4-7,9,11H,8H2,1-3H3,(H,15,16). The van der Waals surface area contributed by atoms with Gasteiger partial charge in [-0.25, -0.2) is 0 Å².